The summed E-state index contributed by atoms with van der Waals surface area (Å²) < 4.78 is 2.42. The third-order valence-corrected chi connectivity index (χ3v) is 5.61. The maximum Gasteiger partial charge on any atom is 0.226 e. The van der Waals surface area contributed by atoms with Crippen molar-refractivity contribution < 1.29 is 4.79 Å². The Morgan fingerprint density at radius 1 is 1.18 bits per heavy atom. The van der Waals surface area contributed by atoms with Gasteiger partial charge in [-0.3, -0.25) is 14.5 Å². The second-order valence-corrected chi connectivity index (χ2v) is 7.71. The van der Waals surface area contributed by atoms with Crippen LogP contribution < -0.4 is 5.32 Å². The van der Waals surface area contributed by atoms with Crippen molar-refractivity contribution in [3.63, 3.8) is 0 Å². The number of aryl methyl sites for hydroxylation is 2. The Labute approximate surface area is 169 Å². The van der Waals surface area contributed by atoms with E-state index >= 15 is 0 Å². The number of nitrogens with one attached hydrogen (secondary N) is 2. The van der Waals surface area contributed by atoms with E-state index in [0.717, 1.165) is 29.9 Å². The molecule has 0 fully saturated rings. The number of hydrogen-bond donors (Lipinski definition) is 2. The van der Waals surface area contributed by atoms with Gasteiger partial charge in [-0.15, -0.1) is 0 Å². The summed E-state index contributed by atoms with van der Waals surface area (Å²) in [6.07, 6.45) is 4.89. The molecule has 1 amide bonds. The lowest BCUT2D eigenvalue weighted by Gasteiger charge is -2.19. The summed E-state index contributed by atoms with van der Waals surface area (Å²) >= 11 is 5.37. The summed E-state index contributed by atoms with van der Waals surface area (Å²) in [4.78, 5) is 12.6. The van der Waals surface area contributed by atoms with Crippen molar-refractivity contribution in [2.45, 2.75) is 45.6 Å². The zero-order valence-electron chi connectivity index (χ0n) is 16.0. The molecule has 1 aliphatic rings. The van der Waals surface area contributed by atoms with Gasteiger partial charge in [-0.2, -0.15) is 5.10 Å². The quantitative estimate of drug-likeness (QED) is 0.612. The van der Waals surface area contributed by atoms with Crippen molar-refractivity contribution in [3.05, 3.63) is 63.9 Å². The third kappa shape index (κ3) is 3.92. The Balaban J connectivity index is 1.47. The molecule has 3 aromatic rings. The largest absolute Gasteiger partial charge is 0.326 e. The van der Waals surface area contributed by atoms with Crippen molar-refractivity contribution in [3.8, 4) is 11.4 Å². The van der Waals surface area contributed by atoms with Gasteiger partial charge >= 0.3 is 0 Å². The molecule has 0 atom stereocenters. The molecule has 0 saturated carbocycles. The number of fused-ring (bicyclic) bond motifs is 1. The lowest BCUT2D eigenvalue weighted by atomic mass is 9.90. The molecule has 1 aromatic heterocycles. The molecule has 4 rings (SSSR count). The Kier molecular flexibility index (Phi) is 5.39. The summed E-state index contributed by atoms with van der Waals surface area (Å²) in [6.45, 7) is 2.53. The van der Waals surface area contributed by atoms with Crippen LogP contribution in [0.25, 0.3) is 11.4 Å². The van der Waals surface area contributed by atoms with Crippen LogP contribution in [0, 0.1) is 11.7 Å². The third-order valence-electron chi connectivity index (χ3n) is 5.30. The highest BCUT2D eigenvalue weighted by Crippen LogP contribution is 2.28. The first-order chi connectivity index (χ1) is 13.6. The fourth-order valence-corrected chi connectivity index (χ4v) is 4.00. The number of rotatable bonds is 5. The molecule has 2 aromatic carbocycles. The molecule has 5 nitrogen and oxygen atoms in total. The summed E-state index contributed by atoms with van der Waals surface area (Å²) in [5.74, 6) is 0.756. The molecule has 28 heavy (non-hydrogen) atoms. The van der Waals surface area contributed by atoms with Gasteiger partial charge in [0.15, 0.2) is 10.6 Å². The van der Waals surface area contributed by atoms with E-state index in [0.29, 0.717) is 17.7 Å². The van der Waals surface area contributed by atoms with Crippen LogP contribution in [-0.4, -0.2) is 20.7 Å². The predicted molar refractivity (Wildman–Crippen MR) is 114 cm³/mol. The normalized spacial score (nSPS) is 13.2. The Hall–Kier alpha value is -2.73. The number of benzene rings is 2. The van der Waals surface area contributed by atoms with E-state index in [1.54, 1.807) is 0 Å². The number of amides is 1. The lowest BCUT2D eigenvalue weighted by molar-refractivity contribution is -0.116. The Morgan fingerprint density at radius 3 is 2.79 bits per heavy atom. The smallest absolute Gasteiger partial charge is 0.226 e. The minimum Gasteiger partial charge on any atom is -0.326 e. The summed E-state index contributed by atoms with van der Waals surface area (Å²) in [6, 6.07) is 14.3. The second-order valence-electron chi connectivity index (χ2n) is 7.32. The number of H-pyrrole nitrogens is 1. The fourth-order valence-electron chi connectivity index (χ4n) is 3.77. The van der Waals surface area contributed by atoms with Crippen molar-refractivity contribution in [2.75, 3.05) is 5.32 Å². The SMILES string of the molecule is Cc1ccc(-c2n[nH]c(=S)n2CCC(=O)Nc2cccc3c2CCCC3)cc1. The van der Waals surface area contributed by atoms with Crippen LogP contribution in [0.15, 0.2) is 42.5 Å². The van der Waals surface area contributed by atoms with Gasteiger partial charge in [-0.05, 0) is 62.0 Å². The molecule has 1 aliphatic carbocycles. The molecule has 2 N–H and O–H groups in total. The van der Waals surface area contributed by atoms with Gasteiger partial charge in [0.1, 0.15) is 0 Å². The molecule has 0 aliphatic heterocycles. The van der Waals surface area contributed by atoms with Gasteiger partial charge in [-0.25, -0.2) is 0 Å². The van der Waals surface area contributed by atoms with Gasteiger partial charge < -0.3 is 5.32 Å². The van der Waals surface area contributed by atoms with Crippen LogP contribution in [0.5, 0.6) is 0 Å². The van der Waals surface area contributed by atoms with E-state index in [1.807, 2.05) is 47.9 Å². The number of anilines is 1. The van der Waals surface area contributed by atoms with Crippen LogP contribution in [-0.2, 0) is 24.2 Å². The van der Waals surface area contributed by atoms with Crippen LogP contribution in [0.2, 0.25) is 0 Å². The minimum atomic E-state index is -0.00284. The molecule has 0 saturated heterocycles. The topological polar surface area (TPSA) is 62.7 Å². The van der Waals surface area contributed by atoms with Crippen molar-refractivity contribution >= 4 is 23.8 Å². The van der Waals surface area contributed by atoms with Gasteiger partial charge in [0.2, 0.25) is 5.91 Å². The molecule has 0 bridgehead atoms. The average molecular weight is 393 g/mol. The Morgan fingerprint density at radius 2 is 1.96 bits per heavy atom. The summed E-state index contributed by atoms with van der Waals surface area (Å²) in [7, 11) is 0. The predicted octanol–water partition coefficient (Wildman–Crippen LogP) is 4.82. The highest BCUT2D eigenvalue weighted by atomic mass is 32.1. The average Bonchev–Trinajstić information content (AvgIpc) is 3.08. The first-order valence-corrected chi connectivity index (χ1v) is 10.2. The van der Waals surface area contributed by atoms with E-state index in [2.05, 4.69) is 21.6 Å². The number of aromatic amines is 1. The van der Waals surface area contributed by atoms with Crippen molar-refractivity contribution in [1.29, 1.82) is 0 Å². The monoisotopic (exact) mass is 392 g/mol. The molecule has 0 unspecified atom stereocenters. The van der Waals surface area contributed by atoms with Gasteiger partial charge in [-0.1, -0.05) is 42.0 Å². The molecule has 1 heterocycles. The zero-order valence-corrected chi connectivity index (χ0v) is 16.8. The van der Waals surface area contributed by atoms with Crippen LogP contribution >= 0.6 is 12.2 Å². The highest BCUT2D eigenvalue weighted by molar-refractivity contribution is 7.71. The van der Waals surface area contributed by atoms with E-state index in [-0.39, 0.29) is 5.91 Å². The number of hydrogen-bond acceptors (Lipinski definition) is 3. The van der Waals surface area contributed by atoms with Crippen molar-refractivity contribution in [2.24, 2.45) is 0 Å². The number of nitrogens with zero attached hydrogens (tertiary/aromatic N) is 2. The zero-order chi connectivity index (χ0) is 19.5. The Bertz CT molecular complexity index is 1050. The van der Waals surface area contributed by atoms with Gasteiger partial charge in [0.25, 0.3) is 0 Å². The number of carbonyl (C=O) groups excluding carboxylic acids is 1. The summed E-state index contributed by atoms with van der Waals surface area (Å²) in [5, 5.41) is 10.3. The van der Waals surface area contributed by atoms with Crippen LogP contribution in [0.3, 0.4) is 0 Å². The van der Waals surface area contributed by atoms with E-state index in [1.165, 1.54) is 29.5 Å². The highest BCUT2D eigenvalue weighted by Gasteiger charge is 2.15. The van der Waals surface area contributed by atoms with Crippen LogP contribution in [0.4, 0.5) is 5.69 Å². The maximum absolute atomic E-state index is 12.6. The molecule has 144 valence electrons. The van der Waals surface area contributed by atoms with E-state index in [4.69, 9.17) is 12.2 Å². The molecule has 6 heteroatoms. The lowest BCUT2D eigenvalue weighted by Crippen LogP contribution is -2.17. The van der Waals surface area contributed by atoms with E-state index in [9.17, 15) is 4.79 Å². The fraction of sp³-hybridized carbons (Fsp3) is 0.318. The van der Waals surface area contributed by atoms with Gasteiger partial charge in [0, 0.05) is 24.2 Å². The molecule has 0 radical (unpaired) electrons. The number of aromatic nitrogens is 3. The molecular formula is C22H24N4OS. The molecular weight excluding hydrogens is 368 g/mol. The first-order valence-electron chi connectivity index (χ1n) is 9.74. The first kappa shape index (κ1) is 18.6. The second kappa shape index (κ2) is 8.10. The van der Waals surface area contributed by atoms with Crippen LogP contribution in [0.1, 0.15) is 36.0 Å². The maximum atomic E-state index is 12.6. The van der Waals surface area contributed by atoms with Crippen molar-refractivity contribution in [1.82, 2.24) is 14.8 Å². The molecule has 0 spiro atoms. The standard InChI is InChI=1S/C22H24N4OS/c1-15-9-11-17(12-10-15)21-24-25-22(28)26(21)14-13-20(27)23-19-8-4-6-16-5-2-3-7-18(16)19/h4,6,8-12H,2-3,5,7,13-14H2,1H3,(H,23,27)(H,25,28). The minimum absolute atomic E-state index is 0.00284. The van der Waals surface area contributed by atoms with Gasteiger partial charge in [0.05, 0.1) is 0 Å². The number of carbonyl (C=O) groups is 1. The summed E-state index contributed by atoms with van der Waals surface area (Å²) in [5.41, 5.74) is 5.78. The van der Waals surface area contributed by atoms with E-state index < -0.39 is 0 Å².